The molecule has 0 aliphatic carbocycles. The number of halogens is 2. The first-order valence-electron chi connectivity index (χ1n) is 3.97. The van der Waals surface area contributed by atoms with Crippen LogP contribution in [0.2, 0.25) is 0 Å². The van der Waals surface area contributed by atoms with E-state index in [4.69, 9.17) is 5.21 Å². The van der Waals surface area contributed by atoms with Gasteiger partial charge in [-0.15, -0.1) is 0 Å². The molecule has 1 rings (SSSR count). The van der Waals surface area contributed by atoms with Crippen LogP contribution in [0, 0.1) is 11.6 Å². The van der Waals surface area contributed by atoms with Gasteiger partial charge in [0.2, 0.25) is 0 Å². The molecule has 0 saturated carbocycles. The van der Waals surface area contributed by atoms with Crippen molar-refractivity contribution < 1.29 is 18.7 Å². The molecular weight excluding hydrogens is 192 g/mol. The predicted octanol–water partition coefficient (Wildman–Crippen LogP) is 1.79. The minimum absolute atomic E-state index is 0.0387. The zero-order chi connectivity index (χ0) is 10.7. The van der Waals surface area contributed by atoms with Crippen molar-refractivity contribution in [2.45, 2.75) is 6.54 Å². The van der Waals surface area contributed by atoms with Gasteiger partial charge in [0.05, 0.1) is 13.7 Å². The van der Waals surface area contributed by atoms with E-state index in [9.17, 15) is 8.78 Å². The van der Waals surface area contributed by atoms with E-state index in [2.05, 4.69) is 4.74 Å². The van der Waals surface area contributed by atoms with E-state index in [1.165, 1.54) is 20.2 Å². The van der Waals surface area contributed by atoms with Gasteiger partial charge >= 0.3 is 0 Å². The van der Waals surface area contributed by atoms with Crippen molar-refractivity contribution in [2.75, 3.05) is 14.2 Å². The first kappa shape index (κ1) is 10.9. The number of nitrogens with zero attached hydrogens (tertiary/aromatic N) is 1. The molecule has 0 radical (unpaired) electrons. The molecule has 0 amide bonds. The summed E-state index contributed by atoms with van der Waals surface area (Å²) in [6.07, 6.45) is 0. The van der Waals surface area contributed by atoms with Gasteiger partial charge in [0.15, 0.2) is 11.6 Å². The number of hydroxylamine groups is 2. The summed E-state index contributed by atoms with van der Waals surface area (Å²) < 4.78 is 31.2. The second-order valence-corrected chi connectivity index (χ2v) is 2.86. The predicted molar refractivity (Wildman–Crippen MR) is 46.2 cm³/mol. The Bertz CT molecular complexity index is 329. The fourth-order valence-electron chi connectivity index (χ4n) is 1.11. The third-order valence-electron chi connectivity index (χ3n) is 1.76. The zero-order valence-corrected chi connectivity index (χ0v) is 7.92. The lowest BCUT2D eigenvalue weighted by Crippen LogP contribution is -2.14. The Morgan fingerprint density at radius 2 is 2.07 bits per heavy atom. The standard InChI is InChI=1S/C9H11F2NO2/c1-12(13)5-6-7(10)3-4-8(14-2)9(6)11/h3-4,13H,5H2,1-2H3. The summed E-state index contributed by atoms with van der Waals surface area (Å²) in [6, 6.07) is 2.30. The summed E-state index contributed by atoms with van der Waals surface area (Å²) in [7, 11) is 2.60. The van der Waals surface area contributed by atoms with Gasteiger partial charge in [0.1, 0.15) is 5.82 Å². The van der Waals surface area contributed by atoms with Gasteiger partial charge in [-0.1, -0.05) is 0 Å². The number of ether oxygens (including phenoxy) is 1. The lowest BCUT2D eigenvalue weighted by molar-refractivity contribution is -0.0746. The zero-order valence-electron chi connectivity index (χ0n) is 7.92. The molecule has 14 heavy (non-hydrogen) atoms. The average Bonchev–Trinajstić information content (AvgIpc) is 2.12. The highest BCUT2D eigenvalue weighted by Gasteiger charge is 2.14. The molecule has 1 N–H and O–H groups in total. The van der Waals surface area contributed by atoms with E-state index < -0.39 is 11.6 Å². The lowest BCUT2D eigenvalue weighted by Gasteiger charge is -2.11. The molecule has 0 bridgehead atoms. The number of rotatable bonds is 3. The molecule has 0 unspecified atom stereocenters. The Labute approximate surface area is 80.5 Å². The van der Waals surface area contributed by atoms with Crippen LogP contribution in [0.4, 0.5) is 8.78 Å². The molecule has 78 valence electrons. The quantitative estimate of drug-likeness (QED) is 0.760. The van der Waals surface area contributed by atoms with Gasteiger partial charge in [-0.25, -0.2) is 8.78 Å². The minimum Gasteiger partial charge on any atom is -0.494 e. The topological polar surface area (TPSA) is 32.7 Å². The van der Waals surface area contributed by atoms with Crippen molar-refractivity contribution in [3.05, 3.63) is 29.3 Å². The maximum absolute atomic E-state index is 13.4. The van der Waals surface area contributed by atoms with Gasteiger partial charge in [0, 0.05) is 12.6 Å². The van der Waals surface area contributed by atoms with E-state index in [-0.39, 0.29) is 17.9 Å². The molecule has 3 nitrogen and oxygen atoms in total. The van der Waals surface area contributed by atoms with Crippen molar-refractivity contribution >= 4 is 0 Å². The molecule has 0 aliphatic rings. The first-order chi connectivity index (χ1) is 6.56. The number of hydrogen-bond acceptors (Lipinski definition) is 3. The Hall–Kier alpha value is -1.20. The molecule has 0 heterocycles. The van der Waals surface area contributed by atoms with E-state index in [1.54, 1.807) is 0 Å². The molecule has 0 aromatic heterocycles. The second-order valence-electron chi connectivity index (χ2n) is 2.86. The van der Waals surface area contributed by atoms with Crippen molar-refractivity contribution in [3.8, 4) is 5.75 Å². The second kappa shape index (κ2) is 4.34. The number of methoxy groups -OCH3 is 1. The Morgan fingerprint density at radius 3 is 2.57 bits per heavy atom. The smallest absolute Gasteiger partial charge is 0.172 e. The van der Waals surface area contributed by atoms with Crippen LogP contribution in [0.5, 0.6) is 5.75 Å². The molecule has 5 heteroatoms. The summed E-state index contributed by atoms with van der Waals surface area (Å²) in [6.45, 7) is -0.227. The van der Waals surface area contributed by atoms with Crippen LogP contribution in [0.25, 0.3) is 0 Å². The lowest BCUT2D eigenvalue weighted by atomic mass is 10.2. The first-order valence-corrected chi connectivity index (χ1v) is 3.97. The number of hydrogen-bond donors (Lipinski definition) is 1. The third-order valence-corrected chi connectivity index (χ3v) is 1.76. The van der Waals surface area contributed by atoms with Gasteiger partial charge in [-0.2, -0.15) is 5.06 Å². The van der Waals surface area contributed by atoms with Crippen molar-refractivity contribution in [2.24, 2.45) is 0 Å². The van der Waals surface area contributed by atoms with Crippen LogP contribution in [0.1, 0.15) is 5.56 Å². The van der Waals surface area contributed by atoms with Crippen molar-refractivity contribution in [3.63, 3.8) is 0 Å². The summed E-state index contributed by atoms with van der Waals surface area (Å²) in [4.78, 5) is 0. The summed E-state index contributed by atoms with van der Waals surface area (Å²) >= 11 is 0. The van der Waals surface area contributed by atoms with Crippen LogP contribution >= 0.6 is 0 Å². The summed E-state index contributed by atoms with van der Waals surface area (Å²) in [5.74, 6) is -1.53. The molecule has 0 fully saturated rings. The van der Waals surface area contributed by atoms with Gasteiger partial charge < -0.3 is 9.94 Å². The fraction of sp³-hybridized carbons (Fsp3) is 0.333. The van der Waals surface area contributed by atoms with E-state index >= 15 is 0 Å². The summed E-state index contributed by atoms with van der Waals surface area (Å²) in [5, 5.41) is 9.57. The Kier molecular flexibility index (Phi) is 3.38. The normalized spacial score (nSPS) is 10.7. The maximum atomic E-state index is 13.4. The van der Waals surface area contributed by atoms with Crippen LogP contribution in [0.3, 0.4) is 0 Å². The Morgan fingerprint density at radius 1 is 1.43 bits per heavy atom. The largest absolute Gasteiger partial charge is 0.494 e. The molecule has 0 aliphatic heterocycles. The third kappa shape index (κ3) is 2.18. The fourth-order valence-corrected chi connectivity index (χ4v) is 1.11. The summed E-state index contributed by atoms with van der Waals surface area (Å²) in [5.41, 5.74) is -0.214. The molecular formula is C9H11F2NO2. The average molecular weight is 203 g/mol. The van der Waals surface area contributed by atoms with E-state index in [0.29, 0.717) is 5.06 Å². The maximum Gasteiger partial charge on any atom is 0.172 e. The van der Waals surface area contributed by atoms with Crippen LogP contribution < -0.4 is 4.74 Å². The highest BCUT2D eigenvalue weighted by Crippen LogP contribution is 2.23. The van der Waals surface area contributed by atoms with Gasteiger partial charge in [-0.3, -0.25) is 0 Å². The molecule has 0 spiro atoms. The molecule has 0 atom stereocenters. The van der Waals surface area contributed by atoms with Crippen molar-refractivity contribution in [1.29, 1.82) is 0 Å². The monoisotopic (exact) mass is 203 g/mol. The SMILES string of the molecule is COc1ccc(F)c(CN(C)O)c1F. The molecule has 1 aromatic rings. The molecule has 0 saturated heterocycles. The van der Waals surface area contributed by atoms with Crippen LogP contribution in [-0.4, -0.2) is 24.4 Å². The van der Waals surface area contributed by atoms with Crippen LogP contribution in [-0.2, 0) is 6.54 Å². The Balaban J connectivity index is 3.11. The van der Waals surface area contributed by atoms with E-state index in [0.717, 1.165) is 6.07 Å². The van der Waals surface area contributed by atoms with Gasteiger partial charge in [-0.05, 0) is 12.1 Å². The highest BCUT2D eigenvalue weighted by atomic mass is 19.1. The minimum atomic E-state index is -0.784. The van der Waals surface area contributed by atoms with Gasteiger partial charge in [0.25, 0.3) is 0 Å². The number of benzene rings is 1. The van der Waals surface area contributed by atoms with E-state index in [1.807, 2.05) is 0 Å². The highest BCUT2D eigenvalue weighted by molar-refractivity contribution is 5.32. The molecule has 1 aromatic carbocycles. The van der Waals surface area contributed by atoms with Crippen molar-refractivity contribution in [1.82, 2.24) is 5.06 Å². The van der Waals surface area contributed by atoms with Crippen LogP contribution in [0.15, 0.2) is 12.1 Å².